The molecule has 0 bridgehead atoms. The minimum Gasteiger partial charge on any atom is -0.352 e. The van der Waals surface area contributed by atoms with Gasteiger partial charge in [-0.25, -0.2) is 0 Å². The third-order valence-corrected chi connectivity index (χ3v) is 4.16. The molecule has 1 fully saturated rings. The summed E-state index contributed by atoms with van der Waals surface area (Å²) in [6.07, 6.45) is 0.101. The normalized spacial score (nSPS) is 16.7. The Hall–Kier alpha value is -3.22. The van der Waals surface area contributed by atoms with E-state index in [0.717, 1.165) is 5.56 Å². The molecule has 1 unspecified atom stereocenters. The van der Waals surface area contributed by atoms with E-state index in [1.807, 2.05) is 30.3 Å². The van der Waals surface area contributed by atoms with Crippen molar-refractivity contribution >= 4 is 23.2 Å². The molecule has 1 heterocycles. The molecule has 1 atom stereocenters. The number of amides is 2. The first-order valence-corrected chi connectivity index (χ1v) is 7.91. The highest BCUT2D eigenvalue weighted by Crippen LogP contribution is 2.28. The number of benzene rings is 2. The SMILES string of the molecule is O=C(NCc1ccccc1)C1CC(=O)N(c2cccc([N+](=O)[O-])c2)C1. The average molecular weight is 339 g/mol. The van der Waals surface area contributed by atoms with Gasteiger partial charge in [0.2, 0.25) is 11.8 Å². The van der Waals surface area contributed by atoms with Crippen molar-refractivity contribution in [3.05, 3.63) is 70.3 Å². The molecule has 2 amide bonds. The van der Waals surface area contributed by atoms with Crippen molar-refractivity contribution in [3.8, 4) is 0 Å². The summed E-state index contributed by atoms with van der Waals surface area (Å²) in [5.74, 6) is -0.860. The van der Waals surface area contributed by atoms with Crippen molar-refractivity contribution in [2.75, 3.05) is 11.4 Å². The molecule has 0 saturated carbocycles. The summed E-state index contributed by atoms with van der Waals surface area (Å²) in [4.78, 5) is 36.3. The van der Waals surface area contributed by atoms with Crippen LogP contribution in [-0.4, -0.2) is 23.3 Å². The van der Waals surface area contributed by atoms with Crippen LogP contribution in [0.5, 0.6) is 0 Å². The second kappa shape index (κ2) is 7.12. The van der Waals surface area contributed by atoms with E-state index in [9.17, 15) is 19.7 Å². The molecule has 1 N–H and O–H groups in total. The van der Waals surface area contributed by atoms with Gasteiger partial charge in [-0.3, -0.25) is 19.7 Å². The van der Waals surface area contributed by atoms with Crippen LogP contribution in [0.3, 0.4) is 0 Å². The molecule has 7 nitrogen and oxygen atoms in total. The Morgan fingerprint density at radius 1 is 1.20 bits per heavy atom. The van der Waals surface area contributed by atoms with Gasteiger partial charge in [-0.1, -0.05) is 36.4 Å². The molecule has 2 aromatic carbocycles. The lowest BCUT2D eigenvalue weighted by Gasteiger charge is -2.16. The molecule has 0 radical (unpaired) electrons. The van der Waals surface area contributed by atoms with Gasteiger partial charge in [0.05, 0.1) is 16.5 Å². The van der Waals surface area contributed by atoms with Gasteiger partial charge in [-0.2, -0.15) is 0 Å². The Morgan fingerprint density at radius 2 is 1.96 bits per heavy atom. The van der Waals surface area contributed by atoms with Crippen LogP contribution >= 0.6 is 0 Å². The monoisotopic (exact) mass is 339 g/mol. The fourth-order valence-corrected chi connectivity index (χ4v) is 2.84. The zero-order valence-electron chi connectivity index (χ0n) is 13.4. The Labute approximate surface area is 144 Å². The van der Waals surface area contributed by atoms with Gasteiger partial charge in [0.1, 0.15) is 0 Å². The molecular formula is C18H17N3O4. The lowest BCUT2D eigenvalue weighted by atomic mass is 10.1. The molecule has 1 aliphatic heterocycles. The topological polar surface area (TPSA) is 92.6 Å². The first kappa shape index (κ1) is 16.6. The first-order valence-electron chi connectivity index (χ1n) is 7.91. The van der Waals surface area contributed by atoms with Crippen LogP contribution in [0, 0.1) is 16.0 Å². The summed E-state index contributed by atoms with van der Waals surface area (Å²) in [7, 11) is 0. The second-order valence-corrected chi connectivity index (χ2v) is 5.89. The molecule has 25 heavy (non-hydrogen) atoms. The number of hydrogen-bond acceptors (Lipinski definition) is 4. The van der Waals surface area contributed by atoms with Crippen LogP contribution in [0.1, 0.15) is 12.0 Å². The highest BCUT2D eigenvalue weighted by Gasteiger charge is 2.35. The number of anilines is 1. The first-order chi connectivity index (χ1) is 12.0. The summed E-state index contributed by atoms with van der Waals surface area (Å²) in [5.41, 5.74) is 1.34. The highest BCUT2D eigenvalue weighted by atomic mass is 16.6. The van der Waals surface area contributed by atoms with Crippen LogP contribution in [0.25, 0.3) is 0 Å². The van der Waals surface area contributed by atoms with Crippen LogP contribution in [0.4, 0.5) is 11.4 Å². The van der Waals surface area contributed by atoms with E-state index in [1.54, 1.807) is 6.07 Å². The number of hydrogen-bond donors (Lipinski definition) is 1. The summed E-state index contributed by atoms with van der Waals surface area (Å²) < 4.78 is 0. The van der Waals surface area contributed by atoms with Crippen LogP contribution in [-0.2, 0) is 16.1 Å². The number of carbonyl (C=O) groups is 2. The third-order valence-electron chi connectivity index (χ3n) is 4.16. The van der Waals surface area contributed by atoms with Crippen molar-refractivity contribution in [3.63, 3.8) is 0 Å². The fourth-order valence-electron chi connectivity index (χ4n) is 2.84. The van der Waals surface area contributed by atoms with Crippen molar-refractivity contribution in [1.82, 2.24) is 5.32 Å². The van der Waals surface area contributed by atoms with Crippen LogP contribution in [0.15, 0.2) is 54.6 Å². The van der Waals surface area contributed by atoms with Gasteiger partial charge in [-0.15, -0.1) is 0 Å². The molecule has 2 aromatic rings. The molecular weight excluding hydrogens is 322 g/mol. The summed E-state index contributed by atoms with van der Waals surface area (Å²) in [6.45, 7) is 0.627. The minimum atomic E-state index is -0.506. The number of nitrogens with one attached hydrogen (secondary N) is 1. The summed E-state index contributed by atoms with van der Waals surface area (Å²) >= 11 is 0. The maximum Gasteiger partial charge on any atom is 0.271 e. The number of carbonyl (C=O) groups excluding carboxylic acids is 2. The van der Waals surface area contributed by atoms with E-state index >= 15 is 0 Å². The Balaban J connectivity index is 1.65. The third kappa shape index (κ3) is 3.82. The van der Waals surface area contributed by atoms with Crippen molar-refractivity contribution in [2.24, 2.45) is 5.92 Å². The predicted octanol–water partition coefficient (Wildman–Crippen LogP) is 2.26. The molecule has 0 aromatic heterocycles. The quantitative estimate of drug-likeness (QED) is 0.668. The standard InChI is InChI=1S/C18H17N3O4/c22-17-9-14(18(23)19-11-13-5-2-1-3-6-13)12-20(17)15-7-4-8-16(10-15)21(24)25/h1-8,10,14H,9,11-12H2,(H,19,23). The predicted molar refractivity (Wildman–Crippen MR) is 91.8 cm³/mol. The molecule has 3 rings (SSSR count). The molecule has 0 spiro atoms. The van der Waals surface area contributed by atoms with Gasteiger partial charge in [0.15, 0.2) is 0 Å². The number of rotatable bonds is 5. The van der Waals surface area contributed by atoms with Gasteiger partial charge in [0, 0.05) is 31.6 Å². The Kier molecular flexibility index (Phi) is 4.74. The summed E-state index contributed by atoms with van der Waals surface area (Å²) in [6, 6.07) is 15.4. The second-order valence-electron chi connectivity index (χ2n) is 5.89. The lowest BCUT2D eigenvalue weighted by Crippen LogP contribution is -2.32. The van der Waals surface area contributed by atoms with E-state index in [0.29, 0.717) is 12.2 Å². The summed E-state index contributed by atoms with van der Waals surface area (Å²) in [5, 5.41) is 13.7. The molecule has 1 aliphatic rings. The van der Waals surface area contributed by atoms with E-state index in [-0.39, 0.29) is 30.5 Å². The zero-order valence-corrected chi connectivity index (χ0v) is 13.4. The number of nitro benzene ring substituents is 1. The fraction of sp³-hybridized carbons (Fsp3) is 0.222. The van der Waals surface area contributed by atoms with Crippen molar-refractivity contribution in [2.45, 2.75) is 13.0 Å². The number of nitro groups is 1. The smallest absolute Gasteiger partial charge is 0.271 e. The van der Waals surface area contributed by atoms with Crippen molar-refractivity contribution < 1.29 is 14.5 Å². The lowest BCUT2D eigenvalue weighted by molar-refractivity contribution is -0.384. The maximum absolute atomic E-state index is 12.3. The highest BCUT2D eigenvalue weighted by molar-refractivity contribution is 6.00. The van der Waals surface area contributed by atoms with E-state index in [1.165, 1.54) is 23.1 Å². The van der Waals surface area contributed by atoms with Gasteiger partial charge in [-0.05, 0) is 11.6 Å². The van der Waals surface area contributed by atoms with Crippen molar-refractivity contribution in [1.29, 1.82) is 0 Å². The van der Waals surface area contributed by atoms with Crippen LogP contribution in [0.2, 0.25) is 0 Å². The van der Waals surface area contributed by atoms with E-state index < -0.39 is 10.8 Å². The van der Waals surface area contributed by atoms with Gasteiger partial charge in [0.25, 0.3) is 5.69 Å². The maximum atomic E-state index is 12.3. The average Bonchev–Trinajstić information content (AvgIpc) is 3.02. The van der Waals surface area contributed by atoms with E-state index in [2.05, 4.69) is 5.32 Å². The Bertz CT molecular complexity index is 807. The van der Waals surface area contributed by atoms with E-state index in [4.69, 9.17) is 0 Å². The number of nitrogens with zero attached hydrogens (tertiary/aromatic N) is 2. The van der Waals surface area contributed by atoms with Gasteiger partial charge >= 0.3 is 0 Å². The Morgan fingerprint density at radius 3 is 2.68 bits per heavy atom. The molecule has 0 aliphatic carbocycles. The van der Waals surface area contributed by atoms with Crippen LogP contribution < -0.4 is 10.2 Å². The molecule has 128 valence electrons. The largest absolute Gasteiger partial charge is 0.352 e. The minimum absolute atomic E-state index is 0.0812. The molecule has 1 saturated heterocycles. The zero-order chi connectivity index (χ0) is 17.8. The van der Waals surface area contributed by atoms with Gasteiger partial charge < -0.3 is 10.2 Å². The molecule has 7 heteroatoms. The number of non-ortho nitro benzene ring substituents is 1.